The number of anilines is 1. The van der Waals surface area contributed by atoms with Crippen LogP contribution in [0.25, 0.3) is 0 Å². The Labute approximate surface area is 125 Å². The minimum absolute atomic E-state index is 0.236. The smallest absolute Gasteiger partial charge is 0.277 e. The maximum atomic E-state index is 12.2. The van der Waals surface area contributed by atoms with Gasteiger partial charge in [-0.3, -0.25) is 9.89 Å². The first kappa shape index (κ1) is 14.3. The van der Waals surface area contributed by atoms with Crippen LogP contribution in [0, 0.1) is 11.3 Å². The van der Waals surface area contributed by atoms with Crippen molar-refractivity contribution in [1.82, 2.24) is 10.2 Å². The van der Waals surface area contributed by atoms with Gasteiger partial charge in [0, 0.05) is 5.69 Å². The number of H-pyrrole nitrogens is 1. The molecule has 0 fully saturated rings. The third-order valence-corrected chi connectivity index (χ3v) is 3.58. The van der Waals surface area contributed by atoms with Gasteiger partial charge in [0.15, 0.2) is 5.69 Å². The van der Waals surface area contributed by atoms with E-state index < -0.39 is 0 Å². The lowest BCUT2D eigenvalue weighted by atomic mass is 10.1. The summed E-state index contributed by atoms with van der Waals surface area (Å²) in [6, 6.07) is 8.76. The van der Waals surface area contributed by atoms with Gasteiger partial charge in [0.2, 0.25) is 0 Å². The maximum Gasteiger partial charge on any atom is 0.277 e. The largest absolute Gasteiger partial charge is 0.321 e. The van der Waals surface area contributed by atoms with Crippen LogP contribution in [0.4, 0.5) is 5.69 Å². The van der Waals surface area contributed by atoms with Crippen molar-refractivity contribution < 1.29 is 4.79 Å². The fraction of sp³-hybridized carbons (Fsp3) is 0.214. The maximum absolute atomic E-state index is 12.2. The van der Waals surface area contributed by atoms with E-state index in [1.807, 2.05) is 19.9 Å². The van der Waals surface area contributed by atoms with E-state index in [2.05, 4.69) is 31.4 Å². The Morgan fingerprint density at radius 2 is 2.25 bits per heavy atom. The van der Waals surface area contributed by atoms with Gasteiger partial charge < -0.3 is 5.32 Å². The van der Waals surface area contributed by atoms with Crippen molar-refractivity contribution in [3.63, 3.8) is 0 Å². The highest BCUT2D eigenvalue weighted by Gasteiger charge is 2.19. The molecule has 1 heterocycles. The monoisotopic (exact) mass is 332 g/mol. The molecule has 2 rings (SSSR count). The number of carbonyl (C=O) groups is 1. The molecule has 0 aliphatic heterocycles. The van der Waals surface area contributed by atoms with Crippen molar-refractivity contribution in [1.29, 1.82) is 5.26 Å². The number of aromatic amines is 1. The number of nitrogens with one attached hydrogen (secondary N) is 2. The number of hydrogen-bond acceptors (Lipinski definition) is 3. The Kier molecular flexibility index (Phi) is 4.20. The number of halogens is 1. The first-order valence-electron chi connectivity index (χ1n) is 6.08. The van der Waals surface area contributed by atoms with E-state index in [4.69, 9.17) is 5.26 Å². The second kappa shape index (κ2) is 5.88. The van der Waals surface area contributed by atoms with Gasteiger partial charge in [0.05, 0.1) is 21.8 Å². The summed E-state index contributed by atoms with van der Waals surface area (Å²) in [4.78, 5) is 12.2. The van der Waals surface area contributed by atoms with Gasteiger partial charge in [-0.25, -0.2) is 0 Å². The first-order valence-corrected chi connectivity index (χ1v) is 6.87. The molecule has 0 bridgehead atoms. The summed E-state index contributed by atoms with van der Waals surface area (Å²) in [5.41, 5.74) is 2.23. The van der Waals surface area contributed by atoms with Crippen molar-refractivity contribution in [2.75, 3.05) is 5.32 Å². The Morgan fingerprint density at radius 3 is 2.85 bits per heavy atom. The highest BCUT2D eigenvalue weighted by atomic mass is 79.9. The van der Waals surface area contributed by atoms with Crippen LogP contribution in [-0.2, 0) is 0 Å². The topological polar surface area (TPSA) is 81.6 Å². The van der Waals surface area contributed by atoms with E-state index in [-0.39, 0.29) is 11.8 Å². The molecule has 0 spiro atoms. The van der Waals surface area contributed by atoms with Crippen molar-refractivity contribution in [2.45, 2.75) is 19.8 Å². The number of rotatable bonds is 3. The van der Waals surface area contributed by atoms with Crippen LogP contribution >= 0.6 is 15.9 Å². The first-order chi connectivity index (χ1) is 9.52. The number of hydrogen-bond donors (Lipinski definition) is 2. The lowest BCUT2D eigenvalue weighted by Crippen LogP contribution is -2.13. The molecule has 2 N–H and O–H groups in total. The molecule has 2 aromatic rings. The molecule has 20 heavy (non-hydrogen) atoms. The summed E-state index contributed by atoms with van der Waals surface area (Å²) in [5.74, 6) is -0.0875. The van der Waals surface area contributed by atoms with Crippen molar-refractivity contribution in [3.8, 4) is 6.07 Å². The minimum Gasteiger partial charge on any atom is -0.321 e. The molecule has 0 aliphatic carbocycles. The molecular weight excluding hydrogens is 320 g/mol. The van der Waals surface area contributed by atoms with Gasteiger partial charge in [0.1, 0.15) is 0 Å². The van der Waals surface area contributed by atoms with Crippen molar-refractivity contribution in [3.05, 3.63) is 45.7 Å². The Bertz CT molecular complexity index is 685. The molecular formula is C14H13BrN4O. The van der Waals surface area contributed by atoms with Crippen LogP contribution in [-0.4, -0.2) is 16.1 Å². The zero-order chi connectivity index (χ0) is 14.7. The highest BCUT2D eigenvalue weighted by Crippen LogP contribution is 2.26. The Balaban J connectivity index is 2.22. The van der Waals surface area contributed by atoms with Crippen molar-refractivity contribution >= 4 is 27.5 Å². The molecule has 6 heteroatoms. The molecule has 1 aromatic heterocycles. The molecule has 0 unspecified atom stereocenters. The zero-order valence-corrected chi connectivity index (χ0v) is 12.7. The van der Waals surface area contributed by atoms with Crippen LogP contribution in [0.3, 0.4) is 0 Å². The van der Waals surface area contributed by atoms with Gasteiger partial charge in [-0.1, -0.05) is 19.9 Å². The molecule has 5 nitrogen and oxygen atoms in total. The fourth-order valence-corrected chi connectivity index (χ4v) is 2.55. The number of amides is 1. The van der Waals surface area contributed by atoms with E-state index in [0.29, 0.717) is 21.4 Å². The van der Waals surface area contributed by atoms with Gasteiger partial charge in [-0.05, 0) is 40.0 Å². The van der Waals surface area contributed by atoms with Crippen LogP contribution in [0.15, 0.2) is 28.7 Å². The third-order valence-electron chi connectivity index (χ3n) is 2.77. The standard InChI is InChI=1S/C14H13BrN4O/c1-8(2)12-11(15)13(19-18-12)14(20)17-10-5-3-4-9(6-10)7-16/h3-6,8H,1-2H3,(H,17,20)(H,18,19). The summed E-state index contributed by atoms with van der Waals surface area (Å²) in [6.07, 6.45) is 0. The van der Waals surface area contributed by atoms with Gasteiger partial charge >= 0.3 is 0 Å². The fourth-order valence-electron chi connectivity index (χ4n) is 1.73. The molecule has 0 aliphatic rings. The zero-order valence-electron chi connectivity index (χ0n) is 11.1. The quantitative estimate of drug-likeness (QED) is 0.903. The van der Waals surface area contributed by atoms with Crippen LogP contribution < -0.4 is 5.32 Å². The number of benzene rings is 1. The van der Waals surface area contributed by atoms with Crippen LogP contribution in [0.2, 0.25) is 0 Å². The van der Waals surface area contributed by atoms with Gasteiger partial charge in [-0.15, -0.1) is 0 Å². The summed E-state index contributed by atoms with van der Waals surface area (Å²) in [5, 5.41) is 18.4. The summed E-state index contributed by atoms with van der Waals surface area (Å²) in [7, 11) is 0. The number of carbonyl (C=O) groups excluding carboxylic acids is 1. The van der Waals surface area contributed by atoms with Crippen molar-refractivity contribution in [2.24, 2.45) is 0 Å². The lowest BCUT2D eigenvalue weighted by Gasteiger charge is -2.04. The SMILES string of the molecule is CC(C)c1[nH]nc(C(=O)Nc2cccc(C#N)c2)c1Br. The average Bonchev–Trinajstić information content (AvgIpc) is 2.81. The van der Waals surface area contributed by atoms with Crippen LogP contribution in [0.1, 0.15) is 41.5 Å². The Morgan fingerprint density at radius 1 is 1.50 bits per heavy atom. The van der Waals surface area contributed by atoms with E-state index in [1.165, 1.54) is 0 Å². The summed E-state index contributed by atoms with van der Waals surface area (Å²) in [6.45, 7) is 4.02. The Hall–Kier alpha value is -2.13. The molecule has 0 radical (unpaired) electrons. The number of aromatic nitrogens is 2. The molecule has 0 saturated carbocycles. The van der Waals surface area contributed by atoms with E-state index in [1.54, 1.807) is 24.3 Å². The van der Waals surface area contributed by atoms with Gasteiger partial charge in [-0.2, -0.15) is 10.4 Å². The molecule has 102 valence electrons. The summed E-state index contributed by atoms with van der Waals surface area (Å²) < 4.78 is 0.668. The van der Waals surface area contributed by atoms with Gasteiger partial charge in [0.25, 0.3) is 5.91 Å². The third kappa shape index (κ3) is 2.89. The molecule has 1 amide bonds. The normalized spacial score (nSPS) is 10.3. The summed E-state index contributed by atoms with van der Waals surface area (Å²) >= 11 is 3.39. The predicted molar refractivity (Wildman–Crippen MR) is 79.5 cm³/mol. The van der Waals surface area contributed by atoms with E-state index in [0.717, 1.165) is 5.69 Å². The highest BCUT2D eigenvalue weighted by molar-refractivity contribution is 9.10. The predicted octanol–water partition coefficient (Wildman–Crippen LogP) is 3.42. The lowest BCUT2D eigenvalue weighted by molar-refractivity contribution is 0.102. The van der Waals surface area contributed by atoms with Crippen LogP contribution in [0.5, 0.6) is 0 Å². The second-order valence-electron chi connectivity index (χ2n) is 4.60. The number of nitrogens with zero attached hydrogens (tertiary/aromatic N) is 2. The molecule has 0 saturated heterocycles. The number of nitriles is 1. The van der Waals surface area contributed by atoms with E-state index in [9.17, 15) is 4.79 Å². The van der Waals surface area contributed by atoms with E-state index >= 15 is 0 Å². The molecule has 0 atom stereocenters. The molecule has 1 aromatic carbocycles. The average molecular weight is 333 g/mol. The second-order valence-corrected chi connectivity index (χ2v) is 5.39. The minimum atomic E-state index is -0.324.